The third-order valence-electron chi connectivity index (χ3n) is 0. The van der Waals surface area contributed by atoms with Crippen molar-refractivity contribution in [1.82, 2.24) is 0 Å². The van der Waals surface area contributed by atoms with Crippen LogP contribution in [0, 0.1) is 7.18 Å². The molecule has 0 spiro atoms. The number of rotatable bonds is 0. The molecule has 0 aliphatic rings. The molecule has 0 nitrogen and oxygen atoms in total. The van der Waals surface area contributed by atoms with Crippen molar-refractivity contribution in [3.05, 3.63) is 7.18 Å². The van der Waals surface area contributed by atoms with E-state index in [4.69, 9.17) is 4.39 Å². The van der Waals surface area contributed by atoms with Gasteiger partial charge in [0.15, 0.2) is 0 Å². The summed E-state index contributed by atoms with van der Waals surface area (Å²) in [5.41, 5.74) is 0. The number of hydrogen-bond acceptors (Lipinski definition) is 0. The molecule has 0 unspecified atom stereocenters. The Morgan fingerprint density at radius 3 is 0.625 bits per heavy atom. The Kier molecular flexibility index (Phi) is 1350. The van der Waals surface area contributed by atoms with Crippen molar-refractivity contribution >= 4 is 86.5 Å². The molecule has 0 aromatic carbocycles. The zero-order chi connectivity index (χ0) is 2.00. The second-order valence-corrected chi connectivity index (χ2v) is 0. The molecule has 0 aliphatic heterocycles. The van der Waals surface area contributed by atoms with Crippen molar-refractivity contribution in [2.75, 3.05) is 0 Å². The van der Waals surface area contributed by atoms with Crippen LogP contribution < -0.4 is 0 Å². The maximum atomic E-state index is 8.75. The van der Waals surface area contributed by atoms with Crippen molar-refractivity contribution in [2.24, 2.45) is 0 Å². The fourth-order valence-corrected chi connectivity index (χ4v) is 0. The topological polar surface area (TPSA) is 0 Å². The Balaban J connectivity index is -0.000000000333. The summed E-state index contributed by atoms with van der Waals surface area (Å²) in [7, 11) is 4.25. The van der Waals surface area contributed by atoms with Crippen LogP contribution in [-0.4, -0.2) is 24.4 Å². The summed E-state index contributed by atoms with van der Waals surface area (Å²) in [5.74, 6) is 0. The summed E-state index contributed by atoms with van der Waals surface area (Å²) >= 11 is 0. The van der Waals surface area contributed by atoms with Crippen LogP contribution in [0.1, 0.15) is 0 Å². The first-order chi connectivity index (χ1) is 1.00. The maximum Gasteiger partial charge on any atom is 0.232 e. The smallest absolute Gasteiger partial charge is 0.232 e. The molecule has 0 saturated carbocycles. The van der Waals surface area contributed by atoms with Gasteiger partial charge in [-0.25, -0.2) is 4.39 Å². The molecule has 0 heterocycles. The van der Waals surface area contributed by atoms with Crippen molar-refractivity contribution in [3.8, 4) is 0 Å². The van der Waals surface area contributed by atoms with Gasteiger partial charge < -0.3 is 0 Å². The number of hydrogen-bond donors (Lipinski definition) is 0. The van der Waals surface area contributed by atoms with E-state index in [1.807, 2.05) is 0 Å². The van der Waals surface area contributed by atoms with Crippen LogP contribution >= 0.6 is 62.0 Å². The van der Waals surface area contributed by atoms with Gasteiger partial charge in [0.25, 0.3) is 0 Å². The van der Waals surface area contributed by atoms with E-state index in [1.165, 1.54) is 0 Å². The molecule has 0 aliphatic carbocycles. The molecule has 0 saturated heterocycles. The van der Waals surface area contributed by atoms with E-state index in [0.717, 1.165) is 0 Å². The van der Waals surface area contributed by atoms with E-state index in [9.17, 15) is 0 Å². The Morgan fingerprint density at radius 1 is 0.625 bits per heavy atom. The van der Waals surface area contributed by atoms with Crippen molar-refractivity contribution in [3.63, 3.8) is 0 Å². The van der Waals surface area contributed by atoms with Crippen molar-refractivity contribution < 1.29 is 4.39 Å². The van der Waals surface area contributed by atoms with Crippen LogP contribution in [0.2, 0.25) is 0 Å². The summed E-state index contributed by atoms with van der Waals surface area (Å²) < 4.78 is 8.75. The fourth-order valence-electron chi connectivity index (χ4n) is 0. The van der Waals surface area contributed by atoms with E-state index >= 15 is 0 Å². The molecule has 6 radical (unpaired) electrons. The molecule has 56 valence electrons. The van der Waals surface area contributed by atoms with Crippen LogP contribution in [0.15, 0.2) is 0 Å². The third-order valence-corrected chi connectivity index (χ3v) is 0. The van der Waals surface area contributed by atoms with Gasteiger partial charge in [-0.15, -0.1) is 62.0 Å². The minimum absolute atomic E-state index is 0. The van der Waals surface area contributed by atoms with E-state index in [-0.39, 0.29) is 86.5 Å². The van der Waals surface area contributed by atoms with Crippen LogP contribution in [0.3, 0.4) is 0 Å². The maximum absolute atomic E-state index is 8.75. The molecule has 0 N–H and O–H groups in total. The molecule has 0 aromatic heterocycles. The molecule has 0 rings (SSSR count). The van der Waals surface area contributed by atoms with Crippen LogP contribution in [-0.2, 0) is 0 Å². The molecular formula is CH5Cl5FSb. The largest absolute Gasteiger partial charge is 0.232 e. The van der Waals surface area contributed by atoms with Gasteiger partial charge in [-0.05, 0) is 0 Å². The van der Waals surface area contributed by atoms with Gasteiger partial charge in [-0.3, -0.25) is 0 Å². The van der Waals surface area contributed by atoms with E-state index in [0.29, 0.717) is 0 Å². The van der Waals surface area contributed by atoms with Gasteiger partial charge in [0.2, 0.25) is 7.18 Å². The van der Waals surface area contributed by atoms with Gasteiger partial charge >= 0.3 is 0 Å². The quantitative estimate of drug-likeness (QED) is 0.596. The Hall–Kier alpha value is 2.20. The van der Waals surface area contributed by atoms with Gasteiger partial charge in [-0.2, -0.15) is 0 Å². The molecule has 0 fully saturated rings. The first kappa shape index (κ1) is 84.4. The standard InChI is InChI=1S/CF.5ClH.Sb/c1-2;;;;;;/h;5*1H;. The average Bonchev–Trinajstić information content (AvgIpc) is 1.00. The van der Waals surface area contributed by atoms with Gasteiger partial charge in [0.1, 0.15) is 0 Å². The predicted octanol–water partition coefficient (Wildman–Crippen LogP) is 2.23. The summed E-state index contributed by atoms with van der Waals surface area (Å²) in [6, 6.07) is 0. The van der Waals surface area contributed by atoms with Crippen LogP contribution in [0.5, 0.6) is 0 Å². The molecule has 7 heteroatoms. The fraction of sp³-hybridized carbons (Fsp3) is 0. The zero-order valence-corrected chi connectivity index (χ0v) is 10.0. The van der Waals surface area contributed by atoms with Crippen molar-refractivity contribution in [1.29, 1.82) is 0 Å². The minimum atomic E-state index is 0. The Labute approximate surface area is 97.2 Å². The summed E-state index contributed by atoms with van der Waals surface area (Å²) in [6.07, 6.45) is 0. The first-order valence-corrected chi connectivity index (χ1v) is 0.189. The second-order valence-electron chi connectivity index (χ2n) is 0. The Morgan fingerprint density at radius 2 is 0.625 bits per heavy atom. The molecule has 0 bridgehead atoms. The molecule has 0 aromatic rings. The van der Waals surface area contributed by atoms with E-state index in [1.54, 1.807) is 0 Å². The predicted molar refractivity (Wildman–Crippen MR) is 46.3 cm³/mol. The molecule has 0 amide bonds. The van der Waals surface area contributed by atoms with Gasteiger partial charge in [0, 0.05) is 24.4 Å². The normalized spacial score (nSPS) is 0.750. The minimum Gasteiger partial charge on any atom is -0.232 e. The molecule has 0 atom stereocenters. The van der Waals surface area contributed by atoms with E-state index < -0.39 is 0 Å². The van der Waals surface area contributed by atoms with Crippen LogP contribution in [0.4, 0.5) is 4.39 Å². The van der Waals surface area contributed by atoms with Gasteiger partial charge in [-0.1, -0.05) is 0 Å². The third kappa shape index (κ3) is 87.9. The second kappa shape index (κ2) is 128. The molecule has 8 heavy (non-hydrogen) atoms. The SMILES string of the molecule is Cl.Cl.Cl.Cl.Cl.[C]F.[Sb]. The molecular weight excluding hydrogens is 330 g/mol. The summed E-state index contributed by atoms with van der Waals surface area (Å²) in [6.45, 7) is 0. The van der Waals surface area contributed by atoms with Crippen molar-refractivity contribution in [2.45, 2.75) is 0 Å². The first-order valence-electron chi connectivity index (χ1n) is 0.189. The summed E-state index contributed by atoms with van der Waals surface area (Å²) in [4.78, 5) is 0. The number of halogens is 6. The zero-order valence-electron chi connectivity index (χ0n) is 3.37. The van der Waals surface area contributed by atoms with E-state index in [2.05, 4.69) is 7.18 Å². The summed E-state index contributed by atoms with van der Waals surface area (Å²) in [5, 5.41) is 0. The van der Waals surface area contributed by atoms with Crippen LogP contribution in [0.25, 0.3) is 0 Å². The Bertz CT molecular complexity index is 12.4. The average molecular weight is 335 g/mol. The van der Waals surface area contributed by atoms with Gasteiger partial charge in [0.05, 0.1) is 0 Å². The monoisotopic (exact) mass is 332 g/mol.